The fraction of sp³-hybridized carbons (Fsp3) is 0.588. The predicted molar refractivity (Wildman–Crippen MR) is 91.8 cm³/mol. The summed E-state index contributed by atoms with van der Waals surface area (Å²) in [7, 11) is 0. The lowest BCUT2D eigenvalue weighted by Crippen LogP contribution is -2.28. The number of fused-ring (bicyclic) bond motifs is 1. The van der Waals surface area contributed by atoms with Crippen molar-refractivity contribution in [2.45, 2.75) is 46.5 Å². The molecule has 0 amide bonds. The highest BCUT2D eigenvalue weighted by atomic mass is 19.4. The normalized spacial score (nSPS) is 15.6. The van der Waals surface area contributed by atoms with Gasteiger partial charge in [0, 0.05) is 25.2 Å². The fourth-order valence-electron chi connectivity index (χ4n) is 3.17. The van der Waals surface area contributed by atoms with Gasteiger partial charge in [-0.25, -0.2) is 9.97 Å². The van der Waals surface area contributed by atoms with Crippen molar-refractivity contribution in [3.8, 4) is 0 Å². The first kappa shape index (κ1) is 18.6. The molecule has 0 aliphatic carbocycles. The van der Waals surface area contributed by atoms with Gasteiger partial charge >= 0.3 is 6.18 Å². The summed E-state index contributed by atoms with van der Waals surface area (Å²) in [5.41, 5.74) is 1.74. The Balaban J connectivity index is 1.69. The summed E-state index contributed by atoms with van der Waals surface area (Å²) in [4.78, 5) is 8.93. The number of aryl methyl sites for hydroxylation is 2. The maximum Gasteiger partial charge on any atom is 0.433 e. The molecule has 0 radical (unpaired) electrons. The van der Waals surface area contributed by atoms with Crippen LogP contribution in [0.3, 0.4) is 0 Å². The third-order valence-electron chi connectivity index (χ3n) is 4.34. The second-order valence-corrected chi connectivity index (χ2v) is 6.81. The first-order chi connectivity index (χ1) is 12.2. The SMILES string of the molecule is Cc1cc(C(F)(F)F)n(C[C@H](C)CNc2nc(C)nc3c2CCNC3)n1. The average Bonchev–Trinajstić information content (AvgIpc) is 2.93. The Kier molecular flexibility index (Phi) is 5.17. The largest absolute Gasteiger partial charge is 0.433 e. The van der Waals surface area contributed by atoms with E-state index >= 15 is 0 Å². The van der Waals surface area contributed by atoms with Gasteiger partial charge in [-0.05, 0) is 38.8 Å². The summed E-state index contributed by atoms with van der Waals surface area (Å²) in [6.45, 7) is 7.57. The van der Waals surface area contributed by atoms with E-state index in [0.717, 1.165) is 40.8 Å². The van der Waals surface area contributed by atoms with Crippen LogP contribution in [-0.4, -0.2) is 32.8 Å². The van der Waals surface area contributed by atoms with E-state index in [1.807, 2.05) is 13.8 Å². The topological polar surface area (TPSA) is 67.7 Å². The molecule has 0 saturated carbocycles. The Morgan fingerprint density at radius 2 is 2.08 bits per heavy atom. The summed E-state index contributed by atoms with van der Waals surface area (Å²) >= 11 is 0. The minimum absolute atomic E-state index is 0.0527. The van der Waals surface area contributed by atoms with Crippen molar-refractivity contribution in [1.82, 2.24) is 25.1 Å². The Labute approximate surface area is 150 Å². The molecular formula is C17H23F3N6. The zero-order chi connectivity index (χ0) is 18.9. The van der Waals surface area contributed by atoms with Gasteiger partial charge in [0.1, 0.15) is 17.3 Å². The molecule has 0 unspecified atom stereocenters. The Bertz CT molecular complexity index is 784. The number of aromatic nitrogens is 4. The second-order valence-electron chi connectivity index (χ2n) is 6.81. The van der Waals surface area contributed by atoms with Crippen molar-refractivity contribution < 1.29 is 13.2 Å². The fourth-order valence-corrected chi connectivity index (χ4v) is 3.17. The van der Waals surface area contributed by atoms with Crippen molar-refractivity contribution in [2.75, 3.05) is 18.4 Å². The molecule has 0 saturated heterocycles. The zero-order valence-electron chi connectivity index (χ0n) is 15.1. The minimum Gasteiger partial charge on any atom is -0.369 e. The smallest absolute Gasteiger partial charge is 0.369 e. The van der Waals surface area contributed by atoms with Crippen molar-refractivity contribution in [2.24, 2.45) is 5.92 Å². The van der Waals surface area contributed by atoms with E-state index in [1.165, 1.54) is 0 Å². The number of hydrogen-bond donors (Lipinski definition) is 2. The van der Waals surface area contributed by atoms with Gasteiger partial charge in [0.25, 0.3) is 0 Å². The van der Waals surface area contributed by atoms with Crippen LogP contribution in [-0.2, 0) is 25.7 Å². The summed E-state index contributed by atoms with van der Waals surface area (Å²) < 4.78 is 40.3. The predicted octanol–water partition coefficient (Wildman–Crippen LogP) is 2.70. The van der Waals surface area contributed by atoms with Crippen LogP contribution in [0.15, 0.2) is 6.07 Å². The van der Waals surface area contributed by atoms with E-state index in [1.54, 1.807) is 6.92 Å². The van der Waals surface area contributed by atoms with Gasteiger partial charge in [-0.1, -0.05) is 6.92 Å². The maximum absolute atomic E-state index is 13.1. The average molecular weight is 368 g/mol. The molecule has 9 heteroatoms. The first-order valence-electron chi connectivity index (χ1n) is 8.66. The molecule has 1 aliphatic heterocycles. The van der Waals surface area contributed by atoms with E-state index in [9.17, 15) is 13.2 Å². The van der Waals surface area contributed by atoms with Crippen LogP contribution in [0.1, 0.15) is 35.4 Å². The third-order valence-corrected chi connectivity index (χ3v) is 4.34. The van der Waals surface area contributed by atoms with E-state index in [-0.39, 0.29) is 12.5 Å². The minimum atomic E-state index is -4.40. The van der Waals surface area contributed by atoms with Gasteiger partial charge < -0.3 is 10.6 Å². The van der Waals surface area contributed by atoms with Crippen molar-refractivity contribution in [1.29, 1.82) is 0 Å². The summed E-state index contributed by atoms with van der Waals surface area (Å²) in [6, 6.07) is 1.08. The molecule has 0 fully saturated rings. The summed E-state index contributed by atoms with van der Waals surface area (Å²) in [5, 5.41) is 10.6. The second kappa shape index (κ2) is 7.22. The number of nitrogens with zero attached hydrogens (tertiary/aromatic N) is 4. The van der Waals surface area contributed by atoms with Crippen molar-refractivity contribution in [3.05, 3.63) is 34.5 Å². The van der Waals surface area contributed by atoms with Gasteiger partial charge in [0.2, 0.25) is 0 Å². The lowest BCUT2D eigenvalue weighted by molar-refractivity contribution is -0.144. The monoisotopic (exact) mass is 368 g/mol. The van der Waals surface area contributed by atoms with E-state index in [2.05, 4.69) is 25.7 Å². The zero-order valence-corrected chi connectivity index (χ0v) is 15.1. The molecule has 1 aliphatic rings. The maximum atomic E-state index is 13.1. The molecule has 6 nitrogen and oxygen atoms in total. The quantitative estimate of drug-likeness (QED) is 0.849. The summed E-state index contributed by atoms with van der Waals surface area (Å²) in [6.07, 6.45) is -3.56. The van der Waals surface area contributed by atoms with Crippen LogP contribution in [0, 0.1) is 19.8 Å². The van der Waals surface area contributed by atoms with Crippen LogP contribution < -0.4 is 10.6 Å². The molecule has 0 aromatic carbocycles. The Morgan fingerprint density at radius 1 is 1.31 bits per heavy atom. The highest BCUT2D eigenvalue weighted by Crippen LogP contribution is 2.30. The summed E-state index contributed by atoms with van der Waals surface area (Å²) in [5.74, 6) is 1.42. The number of halogens is 3. The van der Waals surface area contributed by atoms with Crippen LogP contribution in [0.25, 0.3) is 0 Å². The Morgan fingerprint density at radius 3 is 2.81 bits per heavy atom. The molecule has 2 aromatic heterocycles. The Hall–Kier alpha value is -2.16. The molecule has 2 aromatic rings. The lowest BCUT2D eigenvalue weighted by Gasteiger charge is -2.21. The standard InChI is InChI=1S/C17H23F3N6/c1-10(9-26-15(17(18,19)20)6-11(2)25-26)7-22-16-13-4-5-21-8-14(13)23-12(3)24-16/h6,10,21H,4-5,7-9H2,1-3H3,(H,22,23,24)/t10-/m1/s1. The molecule has 142 valence electrons. The molecule has 0 spiro atoms. The molecule has 3 heterocycles. The molecule has 2 N–H and O–H groups in total. The number of rotatable bonds is 5. The highest BCUT2D eigenvalue weighted by Gasteiger charge is 2.35. The van der Waals surface area contributed by atoms with E-state index < -0.39 is 11.9 Å². The molecule has 0 bridgehead atoms. The van der Waals surface area contributed by atoms with Crippen LogP contribution in [0.5, 0.6) is 0 Å². The first-order valence-corrected chi connectivity index (χ1v) is 8.66. The molecule has 3 rings (SSSR count). The molecular weight excluding hydrogens is 345 g/mol. The number of alkyl halides is 3. The third kappa shape index (κ3) is 4.14. The molecule has 1 atom stereocenters. The van der Waals surface area contributed by atoms with Gasteiger partial charge in [-0.3, -0.25) is 4.68 Å². The number of nitrogens with one attached hydrogen (secondary N) is 2. The van der Waals surface area contributed by atoms with E-state index in [4.69, 9.17) is 0 Å². The van der Waals surface area contributed by atoms with Crippen LogP contribution in [0.4, 0.5) is 19.0 Å². The lowest BCUT2D eigenvalue weighted by atomic mass is 10.1. The van der Waals surface area contributed by atoms with Gasteiger partial charge in [-0.2, -0.15) is 18.3 Å². The van der Waals surface area contributed by atoms with Gasteiger partial charge in [0.15, 0.2) is 0 Å². The van der Waals surface area contributed by atoms with Crippen molar-refractivity contribution in [3.63, 3.8) is 0 Å². The van der Waals surface area contributed by atoms with Crippen LogP contribution >= 0.6 is 0 Å². The highest BCUT2D eigenvalue weighted by molar-refractivity contribution is 5.47. The van der Waals surface area contributed by atoms with E-state index in [0.29, 0.717) is 24.6 Å². The number of anilines is 1. The molecule has 26 heavy (non-hydrogen) atoms. The van der Waals surface area contributed by atoms with Gasteiger partial charge in [0.05, 0.1) is 11.4 Å². The number of hydrogen-bond acceptors (Lipinski definition) is 5. The van der Waals surface area contributed by atoms with Crippen LogP contribution in [0.2, 0.25) is 0 Å². The van der Waals surface area contributed by atoms with Gasteiger partial charge in [-0.15, -0.1) is 0 Å². The van der Waals surface area contributed by atoms with Crippen molar-refractivity contribution >= 4 is 5.82 Å².